The van der Waals surface area contributed by atoms with Crippen molar-refractivity contribution in [1.29, 1.82) is 0 Å². The summed E-state index contributed by atoms with van der Waals surface area (Å²) in [5.74, 6) is 1.49. The highest BCUT2D eigenvalue weighted by Crippen LogP contribution is 2.27. The molecule has 0 unspecified atom stereocenters. The fourth-order valence-electron chi connectivity index (χ4n) is 1.71. The SMILES string of the molecule is CCCOc1ccc(/C=N\Nc2nnc(C)c(=O)[nH]2)cc1OC. The van der Waals surface area contributed by atoms with E-state index in [-0.39, 0.29) is 11.5 Å². The Morgan fingerprint density at radius 1 is 1.35 bits per heavy atom. The van der Waals surface area contributed by atoms with Crippen molar-refractivity contribution < 1.29 is 9.47 Å². The number of hydrazone groups is 1. The van der Waals surface area contributed by atoms with E-state index in [0.29, 0.717) is 23.8 Å². The van der Waals surface area contributed by atoms with Crippen LogP contribution in [0.3, 0.4) is 0 Å². The molecule has 1 aromatic carbocycles. The molecule has 0 saturated heterocycles. The second-order valence-electron chi connectivity index (χ2n) is 4.72. The number of methoxy groups -OCH3 is 1. The van der Waals surface area contributed by atoms with Crippen LogP contribution in [-0.2, 0) is 0 Å². The summed E-state index contributed by atoms with van der Waals surface area (Å²) in [5, 5.41) is 11.5. The van der Waals surface area contributed by atoms with Crippen LogP contribution in [0.15, 0.2) is 28.1 Å². The second-order valence-corrected chi connectivity index (χ2v) is 4.72. The van der Waals surface area contributed by atoms with Crippen LogP contribution < -0.4 is 20.5 Å². The maximum atomic E-state index is 11.4. The van der Waals surface area contributed by atoms with Gasteiger partial charge >= 0.3 is 0 Å². The van der Waals surface area contributed by atoms with Crippen molar-refractivity contribution in [2.45, 2.75) is 20.3 Å². The molecule has 0 bridgehead atoms. The zero-order valence-corrected chi connectivity index (χ0v) is 13.3. The average molecular weight is 317 g/mol. The molecule has 122 valence electrons. The maximum absolute atomic E-state index is 11.4. The summed E-state index contributed by atoms with van der Waals surface area (Å²) >= 11 is 0. The second kappa shape index (κ2) is 7.92. The molecule has 2 rings (SSSR count). The molecule has 0 fully saturated rings. The van der Waals surface area contributed by atoms with Gasteiger partial charge in [0.05, 0.1) is 19.9 Å². The number of hydrogen-bond donors (Lipinski definition) is 2. The van der Waals surface area contributed by atoms with Crippen LogP contribution in [0.2, 0.25) is 0 Å². The van der Waals surface area contributed by atoms with Crippen LogP contribution in [-0.4, -0.2) is 35.1 Å². The predicted octanol–water partition coefficient (Wildman–Crippen LogP) is 1.72. The van der Waals surface area contributed by atoms with Crippen LogP contribution in [0.4, 0.5) is 5.95 Å². The maximum Gasteiger partial charge on any atom is 0.274 e. The molecule has 2 N–H and O–H groups in total. The quantitative estimate of drug-likeness (QED) is 0.595. The van der Waals surface area contributed by atoms with Gasteiger partial charge in [-0.1, -0.05) is 6.92 Å². The predicted molar refractivity (Wildman–Crippen MR) is 87.4 cm³/mol. The first-order valence-corrected chi connectivity index (χ1v) is 7.17. The lowest BCUT2D eigenvalue weighted by Crippen LogP contribution is -2.15. The number of aromatic nitrogens is 3. The number of aryl methyl sites for hydroxylation is 1. The Bertz CT molecular complexity index is 742. The fourth-order valence-corrected chi connectivity index (χ4v) is 1.71. The summed E-state index contributed by atoms with van der Waals surface area (Å²) in [6, 6.07) is 5.48. The Balaban J connectivity index is 2.06. The molecule has 0 spiro atoms. The summed E-state index contributed by atoms with van der Waals surface area (Å²) in [5.41, 5.74) is 3.41. The Hall–Kier alpha value is -2.90. The molecular weight excluding hydrogens is 298 g/mol. The van der Waals surface area contributed by atoms with E-state index in [0.717, 1.165) is 12.0 Å². The Morgan fingerprint density at radius 3 is 2.87 bits per heavy atom. The van der Waals surface area contributed by atoms with Crippen molar-refractivity contribution in [2.75, 3.05) is 19.1 Å². The molecule has 1 heterocycles. The van der Waals surface area contributed by atoms with Gasteiger partial charge < -0.3 is 9.47 Å². The Morgan fingerprint density at radius 2 is 2.17 bits per heavy atom. The number of aromatic amines is 1. The lowest BCUT2D eigenvalue weighted by Gasteiger charge is -2.10. The molecule has 23 heavy (non-hydrogen) atoms. The summed E-state index contributed by atoms with van der Waals surface area (Å²) in [4.78, 5) is 13.9. The van der Waals surface area contributed by atoms with E-state index in [1.807, 2.05) is 19.1 Å². The van der Waals surface area contributed by atoms with Crippen LogP contribution in [0, 0.1) is 6.92 Å². The summed E-state index contributed by atoms with van der Waals surface area (Å²) < 4.78 is 10.9. The molecular formula is C15H19N5O3. The summed E-state index contributed by atoms with van der Waals surface area (Å²) in [6.45, 7) is 4.25. The van der Waals surface area contributed by atoms with Gasteiger partial charge in [0.1, 0.15) is 5.69 Å². The molecule has 0 amide bonds. The third-order valence-electron chi connectivity index (χ3n) is 2.89. The Labute approximate surface area is 133 Å². The highest BCUT2D eigenvalue weighted by molar-refractivity contribution is 5.81. The number of ether oxygens (including phenoxy) is 2. The topological polar surface area (TPSA) is 101 Å². The third kappa shape index (κ3) is 4.53. The van der Waals surface area contributed by atoms with Crippen molar-refractivity contribution >= 4 is 12.2 Å². The molecule has 0 aliphatic carbocycles. The van der Waals surface area contributed by atoms with Gasteiger partial charge in [-0.25, -0.2) is 5.43 Å². The first-order chi connectivity index (χ1) is 11.1. The number of nitrogens with one attached hydrogen (secondary N) is 2. The van der Waals surface area contributed by atoms with Crippen molar-refractivity contribution in [3.63, 3.8) is 0 Å². The van der Waals surface area contributed by atoms with E-state index in [2.05, 4.69) is 25.7 Å². The van der Waals surface area contributed by atoms with E-state index in [4.69, 9.17) is 9.47 Å². The minimum absolute atomic E-state index is 0.173. The van der Waals surface area contributed by atoms with Crippen molar-refractivity contribution in [2.24, 2.45) is 5.10 Å². The standard InChI is InChI=1S/C15H19N5O3/c1-4-7-23-12-6-5-11(8-13(12)22-3)9-16-19-15-17-14(21)10(2)18-20-15/h5-6,8-9H,4,7H2,1-3H3,(H2,17,19,20,21)/b16-9-. The first-order valence-electron chi connectivity index (χ1n) is 7.17. The number of benzene rings is 1. The number of hydrogen-bond acceptors (Lipinski definition) is 7. The highest BCUT2D eigenvalue weighted by Gasteiger charge is 2.04. The Kier molecular flexibility index (Phi) is 5.67. The molecule has 0 saturated carbocycles. The van der Waals surface area contributed by atoms with Gasteiger partial charge in [-0.2, -0.15) is 5.10 Å². The third-order valence-corrected chi connectivity index (χ3v) is 2.89. The molecule has 2 aromatic rings. The van der Waals surface area contributed by atoms with Crippen molar-refractivity contribution in [1.82, 2.24) is 15.2 Å². The minimum Gasteiger partial charge on any atom is -0.493 e. The average Bonchev–Trinajstić information content (AvgIpc) is 2.56. The van der Waals surface area contributed by atoms with E-state index < -0.39 is 0 Å². The molecule has 1 aromatic heterocycles. The van der Waals surface area contributed by atoms with E-state index in [1.165, 1.54) is 0 Å². The van der Waals surface area contributed by atoms with Gasteiger partial charge in [-0.3, -0.25) is 9.78 Å². The molecule has 0 aliphatic heterocycles. The number of anilines is 1. The van der Waals surface area contributed by atoms with Crippen LogP contribution in [0.25, 0.3) is 0 Å². The van der Waals surface area contributed by atoms with Crippen molar-refractivity contribution in [3.05, 3.63) is 39.8 Å². The normalized spacial score (nSPS) is 10.7. The van der Waals surface area contributed by atoms with Gasteiger partial charge in [-0.15, -0.1) is 10.2 Å². The minimum atomic E-state index is -0.309. The van der Waals surface area contributed by atoms with E-state index in [9.17, 15) is 4.79 Å². The van der Waals surface area contributed by atoms with Gasteiger partial charge in [-0.05, 0) is 37.1 Å². The molecule has 0 radical (unpaired) electrons. The van der Waals surface area contributed by atoms with Crippen LogP contribution in [0.5, 0.6) is 11.5 Å². The monoisotopic (exact) mass is 317 g/mol. The van der Waals surface area contributed by atoms with Gasteiger partial charge in [0.2, 0.25) is 5.95 Å². The van der Waals surface area contributed by atoms with Crippen molar-refractivity contribution in [3.8, 4) is 11.5 Å². The number of H-pyrrole nitrogens is 1. The summed E-state index contributed by atoms with van der Waals surface area (Å²) in [7, 11) is 1.58. The van der Waals surface area contributed by atoms with E-state index >= 15 is 0 Å². The first kappa shape index (κ1) is 16.5. The van der Waals surface area contributed by atoms with E-state index in [1.54, 1.807) is 26.3 Å². The molecule has 0 aliphatic rings. The van der Waals surface area contributed by atoms with Crippen LogP contribution >= 0.6 is 0 Å². The lowest BCUT2D eigenvalue weighted by atomic mass is 10.2. The smallest absolute Gasteiger partial charge is 0.274 e. The van der Waals surface area contributed by atoms with Gasteiger partial charge in [0.15, 0.2) is 11.5 Å². The number of nitrogens with zero attached hydrogens (tertiary/aromatic N) is 3. The molecule has 8 heteroatoms. The van der Waals surface area contributed by atoms with Gasteiger partial charge in [0, 0.05) is 0 Å². The lowest BCUT2D eigenvalue weighted by molar-refractivity contribution is 0.294. The molecule has 8 nitrogen and oxygen atoms in total. The van der Waals surface area contributed by atoms with Crippen LogP contribution in [0.1, 0.15) is 24.6 Å². The highest BCUT2D eigenvalue weighted by atomic mass is 16.5. The summed E-state index contributed by atoms with van der Waals surface area (Å²) in [6.07, 6.45) is 2.50. The zero-order chi connectivity index (χ0) is 16.7. The molecule has 0 atom stereocenters. The largest absolute Gasteiger partial charge is 0.493 e. The number of rotatable bonds is 7. The fraction of sp³-hybridized carbons (Fsp3) is 0.333. The zero-order valence-electron chi connectivity index (χ0n) is 13.3. The van der Waals surface area contributed by atoms with Gasteiger partial charge in [0.25, 0.3) is 5.56 Å².